The predicted molar refractivity (Wildman–Crippen MR) is 56.7 cm³/mol. The molecular formula is C10H15NS. The number of hydrogen-bond donors (Lipinski definition) is 2. The molecule has 2 heteroatoms. The van der Waals surface area contributed by atoms with Crippen LogP contribution in [0, 0.1) is 0 Å². The SMILES string of the molecule is CNC(CCS)c1ccccc1. The highest BCUT2D eigenvalue weighted by Gasteiger charge is 2.05. The lowest BCUT2D eigenvalue weighted by molar-refractivity contribution is 0.582. The highest BCUT2D eigenvalue weighted by molar-refractivity contribution is 7.80. The monoisotopic (exact) mass is 181 g/mol. The van der Waals surface area contributed by atoms with Crippen LogP contribution in [0.25, 0.3) is 0 Å². The van der Waals surface area contributed by atoms with Crippen LogP contribution in [0.2, 0.25) is 0 Å². The molecule has 0 saturated carbocycles. The van der Waals surface area contributed by atoms with E-state index in [9.17, 15) is 0 Å². The van der Waals surface area contributed by atoms with E-state index in [0.29, 0.717) is 6.04 Å². The minimum Gasteiger partial charge on any atom is -0.313 e. The topological polar surface area (TPSA) is 12.0 Å². The Hall–Kier alpha value is -0.470. The Bertz CT molecular complexity index is 210. The van der Waals surface area contributed by atoms with Gasteiger partial charge in [0.15, 0.2) is 0 Å². The average molecular weight is 181 g/mol. The molecular weight excluding hydrogens is 166 g/mol. The first-order chi connectivity index (χ1) is 5.88. The van der Waals surface area contributed by atoms with Gasteiger partial charge >= 0.3 is 0 Å². The third-order valence-corrected chi connectivity index (χ3v) is 2.23. The van der Waals surface area contributed by atoms with E-state index in [1.165, 1.54) is 5.56 Å². The molecule has 0 bridgehead atoms. The van der Waals surface area contributed by atoms with Gasteiger partial charge in [-0.1, -0.05) is 30.3 Å². The fraction of sp³-hybridized carbons (Fsp3) is 0.400. The van der Waals surface area contributed by atoms with Crippen LogP contribution in [0.1, 0.15) is 18.0 Å². The van der Waals surface area contributed by atoms with Gasteiger partial charge in [0, 0.05) is 6.04 Å². The summed E-state index contributed by atoms with van der Waals surface area (Å²) in [5.74, 6) is 0.917. The number of hydrogen-bond acceptors (Lipinski definition) is 2. The van der Waals surface area contributed by atoms with E-state index < -0.39 is 0 Å². The Morgan fingerprint density at radius 2 is 2.00 bits per heavy atom. The molecule has 1 N–H and O–H groups in total. The van der Waals surface area contributed by atoms with Crippen LogP contribution in [0.3, 0.4) is 0 Å². The van der Waals surface area contributed by atoms with Crippen LogP contribution in [-0.4, -0.2) is 12.8 Å². The summed E-state index contributed by atoms with van der Waals surface area (Å²) in [6, 6.07) is 10.9. The van der Waals surface area contributed by atoms with Crippen molar-refractivity contribution >= 4 is 12.6 Å². The molecule has 0 fully saturated rings. The van der Waals surface area contributed by atoms with E-state index in [1.54, 1.807) is 0 Å². The highest BCUT2D eigenvalue weighted by Crippen LogP contribution is 2.15. The maximum Gasteiger partial charge on any atom is 0.0325 e. The second kappa shape index (κ2) is 5.22. The zero-order valence-electron chi connectivity index (χ0n) is 7.33. The van der Waals surface area contributed by atoms with Crippen molar-refractivity contribution in [3.63, 3.8) is 0 Å². The van der Waals surface area contributed by atoms with Gasteiger partial charge in [-0.25, -0.2) is 0 Å². The van der Waals surface area contributed by atoms with Crippen molar-refractivity contribution in [3.8, 4) is 0 Å². The first-order valence-electron chi connectivity index (χ1n) is 4.21. The summed E-state index contributed by atoms with van der Waals surface area (Å²) in [5, 5.41) is 3.27. The van der Waals surface area contributed by atoms with Crippen LogP contribution < -0.4 is 5.32 Å². The second-order valence-corrected chi connectivity index (χ2v) is 3.21. The van der Waals surface area contributed by atoms with Crippen LogP contribution >= 0.6 is 12.6 Å². The van der Waals surface area contributed by atoms with Gasteiger partial charge in [-0.2, -0.15) is 12.6 Å². The molecule has 0 amide bonds. The molecule has 1 atom stereocenters. The van der Waals surface area contributed by atoms with Crippen LogP contribution in [0.4, 0.5) is 0 Å². The van der Waals surface area contributed by atoms with Gasteiger partial charge in [-0.05, 0) is 24.8 Å². The number of thiol groups is 1. The van der Waals surface area contributed by atoms with Crippen LogP contribution in [0.15, 0.2) is 30.3 Å². The van der Waals surface area contributed by atoms with Crippen LogP contribution in [0.5, 0.6) is 0 Å². The van der Waals surface area contributed by atoms with Gasteiger partial charge in [-0.3, -0.25) is 0 Å². The zero-order valence-corrected chi connectivity index (χ0v) is 8.22. The number of benzene rings is 1. The third-order valence-electron chi connectivity index (χ3n) is 1.97. The lowest BCUT2D eigenvalue weighted by Gasteiger charge is -2.14. The van der Waals surface area contributed by atoms with Crippen molar-refractivity contribution in [1.82, 2.24) is 5.32 Å². The maximum atomic E-state index is 4.22. The van der Waals surface area contributed by atoms with Crippen molar-refractivity contribution in [1.29, 1.82) is 0 Å². The second-order valence-electron chi connectivity index (χ2n) is 2.76. The average Bonchev–Trinajstić information content (AvgIpc) is 2.15. The quantitative estimate of drug-likeness (QED) is 0.679. The molecule has 0 spiro atoms. The fourth-order valence-electron chi connectivity index (χ4n) is 1.29. The van der Waals surface area contributed by atoms with Gasteiger partial charge in [0.25, 0.3) is 0 Å². The maximum absolute atomic E-state index is 4.22. The summed E-state index contributed by atoms with van der Waals surface area (Å²) in [7, 11) is 1.99. The summed E-state index contributed by atoms with van der Waals surface area (Å²) in [5.41, 5.74) is 1.34. The summed E-state index contributed by atoms with van der Waals surface area (Å²) >= 11 is 4.22. The summed E-state index contributed by atoms with van der Waals surface area (Å²) in [6.45, 7) is 0. The van der Waals surface area contributed by atoms with E-state index in [1.807, 2.05) is 13.1 Å². The van der Waals surface area contributed by atoms with Gasteiger partial charge in [0.2, 0.25) is 0 Å². The third kappa shape index (κ3) is 2.54. The summed E-state index contributed by atoms with van der Waals surface area (Å²) < 4.78 is 0. The van der Waals surface area contributed by atoms with E-state index in [2.05, 4.69) is 42.2 Å². The normalized spacial score (nSPS) is 12.8. The molecule has 0 saturated heterocycles. The van der Waals surface area contributed by atoms with Gasteiger partial charge in [-0.15, -0.1) is 0 Å². The Labute approximate surface area is 79.6 Å². The summed E-state index contributed by atoms with van der Waals surface area (Å²) in [6.07, 6.45) is 1.07. The van der Waals surface area contributed by atoms with E-state index in [0.717, 1.165) is 12.2 Å². The molecule has 1 unspecified atom stereocenters. The first-order valence-corrected chi connectivity index (χ1v) is 4.84. The number of nitrogens with one attached hydrogen (secondary N) is 1. The molecule has 1 aromatic rings. The lowest BCUT2D eigenvalue weighted by Crippen LogP contribution is -2.16. The van der Waals surface area contributed by atoms with E-state index >= 15 is 0 Å². The van der Waals surface area contributed by atoms with Gasteiger partial charge < -0.3 is 5.32 Å². The molecule has 0 radical (unpaired) electrons. The minimum atomic E-state index is 0.448. The molecule has 0 aromatic heterocycles. The Balaban J connectivity index is 2.66. The molecule has 0 aliphatic rings. The van der Waals surface area contributed by atoms with Gasteiger partial charge in [0.1, 0.15) is 0 Å². The molecule has 1 nitrogen and oxygen atoms in total. The molecule has 66 valence electrons. The first kappa shape index (κ1) is 9.62. The van der Waals surface area contributed by atoms with Crippen molar-refractivity contribution in [2.45, 2.75) is 12.5 Å². The zero-order chi connectivity index (χ0) is 8.81. The Kier molecular flexibility index (Phi) is 4.19. The Morgan fingerprint density at radius 3 is 2.50 bits per heavy atom. The molecule has 12 heavy (non-hydrogen) atoms. The van der Waals surface area contributed by atoms with Crippen molar-refractivity contribution < 1.29 is 0 Å². The molecule has 0 aliphatic heterocycles. The summed E-state index contributed by atoms with van der Waals surface area (Å²) in [4.78, 5) is 0. The van der Waals surface area contributed by atoms with E-state index in [-0.39, 0.29) is 0 Å². The molecule has 0 heterocycles. The highest BCUT2D eigenvalue weighted by atomic mass is 32.1. The van der Waals surface area contributed by atoms with Crippen molar-refractivity contribution in [2.75, 3.05) is 12.8 Å². The largest absolute Gasteiger partial charge is 0.313 e. The Morgan fingerprint density at radius 1 is 1.33 bits per heavy atom. The molecule has 0 aliphatic carbocycles. The van der Waals surface area contributed by atoms with Crippen molar-refractivity contribution in [2.24, 2.45) is 0 Å². The standard InChI is InChI=1S/C10H15NS/c1-11-10(7-8-12)9-5-3-2-4-6-9/h2-6,10-12H,7-8H2,1H3. The van der Waals surface area contributed by atoms with Crippen LogP contribution in [-0.2, 0) is 0 Å². The number of rotatable bonds is 4. The molecule has 1 aromatic carbocycles. The molecule has 1 rings (SSSR count). The smallest absolute Gasteiger partial charge is 0.0325 e. The van der Waals surface area contributed by atoms with Crippen molar-refractivity contribution in [3.05, 3.63) is 35.9 Å². The fourth-order valence-corrected chi connectivity index (χ4v) is 1.55. The predicted octanol–water partition coefficient (Wildman–Crippen LogP) is 2.27. The minimum absolute atomic E-state index is 0.448. The van der Waals surface area contributed by atoms with Gasteiger partial charge in [0.05, 0.1) is 0 Å². The van der Waals surface area contributed by atoms with E-state index in [4.69, 9.17) is 0 Å². The lowest BCUT2D eigenvalue weighted by atomic mass is 10.1.